The number of carbonyl (C=O) groups is 2. The summed E-state index contributed by atoms with van der Waals surface area (Å²) >= 11 is 0. The first-order valence-electron chi connectivity index (χ1n) is 9.30. The molecule has 1 amide bonds. The van der Waals surface area contributed by atoms with E-state index in [4.69, 9.17) is 4.42 Å². The third kappa shape index (κ3) is 2.62. The average Bonchev–Trinajstić information content (AvgIpc) is 2.98. The topological polar surface area (TPSA) is 62.6 Å². The average molecular weight is 352 g/mol. The van der Waals surface area contributed by atoms with E-state index in [2.05, 4.69) is 19.2 Å². The number of Topliss-reactive ketones (excluding diaryl/α,β-unsaturated/α-hetero) is 1. The zero-order chi connectivity index (χ0) is 18.4. The number of rotatable bonds is 2. The summed E-state index contributed by atoms with van der Waals surface area (Å²) in [4.78, 5) is 27.4. The minimum absolute atomic E-state index is 0.0901. The molecule has 1 aliphatic carbocycles. The van der Waals surface area contributed by atoms with Crippen LogP contribution in [0.5, 0.6) is 0 Å². The third-order valence-corrected chi connectivity index (χ3v) is 5.47. The van der Waals surface area contributed by atoms with Gasteiger partial charge in [-0.25, -0.2) is 0 Å². The molecule has 2 aliphatic rings. The Hall–Kier alpha value is -2.56. The van der Waals surface area contributed by atoms with E-state index in [0.29, 0.717) is 41.5 Å². The Bertz CT molecular complexity index is 881. The Morgan fingerprint density at radius 3 is 2.77 bits per heavy atom. The van der Waals surface area contributed by atoms with Crippen LogP contribution in [0.15, 0.2) is 28.7 Å². The molecule has 5 heteroatoms. The second-order valence-corrected chi connectivity index (χ2v) is 7.56. The van der Waals surface area contributed by atoms with Crippen molar-refractivity contribution in [2.75, 3.05) is 16.8 Å². The highest BCUT2D eigenvalue weighted by molar-refractivity contribution is 6.10. The number of anilines is 2. The molecule has 0 spiro atoms. The van der Waals surface area contributed by atoms with Gasteiger partial charge in [-0.3, -0.25) is 9.59 Å². The minimum atomic E-state index is -0.163. The van der Waals surface area contributed by atoms with Crippen molar-refractivity contribution in [2.24, 2.45) is 5.92 Å². The number of carbonyl (C=O) groups excluding carboxylic acids is 2. The molecule has 2 heterocycles. The van der Waals surface area contributed by atoms with Crippen LogP contribution in [0, 0.1) is 12.8 Å². The van der Waals surface area contributed by atoms with Gasteiger partial charge in [-0.15, -0.1) is 0 Å². The van der Waals surface area contributed by atoms with Gasteiger partial charge >= 0.3 is 0 Å². The van der Waals surface area contributed by atoms with Gasteiger partial charge in [0.05, 0.1) is 16.9 Å². The number of aryl methyl sites for hydroxylation is 1. The highest BCUT2D eigenvalue weighted by Gasteiger charge is 2.35. The Morgan fingerprint density at radius 2 is 2.04 bits per heavy atom. The van der Waals surface area contributed by atoms with Gasteiger partial charge in [-0.2, -0.15) is 0 Å². The molecule has 0 saturated carbocycles. The molecule has 1 atom stereocenters. The Balaban J connectivity index is 1.75. The minimum Gasteiger partial charge on any atom is -0.455 e. The van der Waals surface area contributed by atoms with Crippen LogP contribution < -0.4 is 10.2 Å². The van der Waals surface area contributed by atoms with E-state index < -0.39 is 0 Å². The highest BCUT2D eigenvalue weighted by Crippen LogP contribution is 2.35. The molecule has 136 valence electrons. The molecular formula is C21H24N2O3. The molecule has 0 fully saturated rings. The lowest BCUT2D eigenvalue weighted by molar-refractivity contribution is 0.0946. The summed E-state index contributed by atoms with van der Waals surface area (Å²) in [6, 6.07) is 8.00. The summed E-state index contributed by atoms with van der Waals surface area (Å²) in [6.07, 6.45) is 2.05. The SMILES string of the molecule is Cc1c(C(=O)N2CC(C(C)C)Nc3ccccc32)oc2c1C(=O)CCC2. The van der Waals surface area contributed by atoms with Crippen molar-refractivity contribution in [3.63, 3.8) is 0 Å². The maximum Gasteiger partial charge on any atom is 0.294 e. The number of furan rings is 1. The number of hydrogen-bond donors (Lipinski definition) is 1. The summed E-state index contributed by atoms with van der Waals surface area (Å²) in [7, 11) is 0. The monoisotopic (exact) mass is 352 g/mol. The first-order chi connectivity index (χ1) is 12.5. The van der Waals surface area contributed by atoms with Gasteiger partial charge in [0, 0.05) is 31.0 Å². The number of ketones is 1. The standard InChI is InChI=1S/C21H24N2O3/c1-12(2)15-11-23(16-8-5-4-7-14(16)22-15)21(25)20-13(3)19-17(24)9-6-10-18(19)26-20/h4-5,7-8,12,15,22H,6,9-11H2,1-3H3. The van der Waals surface area contributed by atoms with E-state index in [9.17, 15) is 9.59 Å². The lowest BCUT2D eigenvalue weighted by Gasteiger charge is -2.37. The molecule has 1 N–H and O–H groups in total. The summed E-state index contributed by atoms with van der Waals surface area (Å²) in [5.74, 6) is 1.29. The fourth-order valence-electron chi connectivity index (χ4n) is 3.92. The Morgan fingerprint density at radius 1 is 1.27 bits per heavy atom. The van der Waals surface area contributed by atoms with Crippen molar-refractivity contribution in [1.82, 2.24) is 0 Å². The molecule has 0 bridgehead atoms. The molecule has 4 rings (SSSR count). The number of fused-ring (bicyclic) bond motifs is 2. The molecule has 1 aromatic heterocycles. The normalized spacial score (nSPS) is 19.2. The summed E-state index contributed by atoms with van der Waals surface area (Å²) < 4.78 is 5.90. The fraction of sp³-hybridized carbons (Fsp3) is 0.429. The van der Waals surface area contributed by atoms with Crippen LogP contribution in [-0.2, 0) is 6.42 Å². The summed E-state index contributed by atoms with van der Waals surface area (Å²) in [5.41, 5.74) is 3.13. The van der Waals surface area contributed by atoms with Gasteiger partial charge in [0.15, 0.2) is 11.5 Å². The molecular weight excluding hydrogens is 328 g/mol. The molecule has 1 aliphatic heterocycles. The van der Waals surface area contributed by atoms with Gasteiger partial charge in [-0.1, -0.05) is 26.0 Å². The van der Waals surface area contributed by atoms with Crippen molar-refractivity contribution < 1.29 is 14.0 Å². The van der Waals surface area contributed by atoms with Crippen molar-refractivity contribution >= 4 is 23.1 Å². The maximum atomic E-state index is 13.4. The fourth-order valence-corrected chi connectivity index (χ4v) is 3.92. The van der Waals surface area contributed by atoms with Crippen LogP contribution >= 0.6 is 0 Å². The van der Waals surface area contributed by atoms with Crippen molar-refractivity contribution in [3.8, 4) is 0 Å². The van der Waals surface area contributed by atoms with Crippen LogP contribution in [0.4, 0.5) is 11.4 Å². The van der Waals surface area contributed by atoms with E-state index in [0.717, 1.165) is 24.2 Å². The van der Waals surface area contributed by atoms with Crippen LogP contribution in [0.25, 0.3) is 0 Å². The largest absolute Gasteiger partial charge is 0.455 e. The molecule has 0 radical (unpaired) electrons. The zero-order valence-corrected chi connectivity index (χ0v) is 15.5. The molecule has 1 unspecified atom stereocenters. The lowest BCUT2D eigenvalue weighted by atomic mass is 9.93. The van der Waals surface area contributed by atoms with Gasteiger partial charge < -0.3 is 14.6 Å². The second-order valence-electron chi connectivity index (χ2n) is 7.56. The number of amides is 1. The van der Waals surface area contributed by atoms with Crippen LogP contribution in [0.1, 0.15) is 58.9 Å². The van der Waals surface area contributed by atoms with E-state index in [1.54, 1.807) is 4.90 Å². The van der Waals surface area contributed by atoms with E-state index in [1.165, 1.54) is 0 Å². The summed E-state index contributed by atoms with van der Waals surface area (Å²) in [6.45, 7) is 6.69. The number of hydrogen-bond acceptors (Lipinski definition) is 4. The molecule has 1 aromatic carbocycles. The van der Waals surface area contributed by atoms with E-state index in [1.807, 2.05) is 31.2 Å². The third-order valence-electron chi connectivity index (χ3n) is 5.47. The quantitative estimate of drug-likeness (QED) is 0.880. The van der Waals surface area contributed by atoms with Crippen LogP contribution in [0.2, 0.25) is 0 Å². The number of para-hydroxylation sites is 2. The second kappa shape index (κ2) is 6.31. The van der Waals surface area contributed by atoms with Crippen molar-refractivity contribution in [3.05, 3.63) is 46.9 Å². The highest BCUT2D eigenvalue weighted by atomic mass is 16.4. The predicted octanol–water partition coefficient (Wildman–Crippen LogP) is 4.20. The number of nitrogens with one attached hydrogen (secondary N) is 1. The number of nitrogens with zero attached hydrogens (tertiary/aromatic N) is 1. The van der Waals surface area contributed by atoms with Gasteiger partial charge in [0.1, 0.15) is 5.76 Å². The Kier molecular flexibility index (Phi) is 4.10. The maximum absolute atomic E-state index is 13.4. The first-order valence-corrected chi connectivity index (χ1v) is 9.30. The molecule has 2 aromatic rings. The van der Waals surface area contributed by atoms with Crippen LogP contribution in [0.3, 0.4) is 0 Å². The molecule has 26 heavy (non-hydrogen) atoms. The van der Waals surface area contributed by atoms with Crippen molar-refractivity contribution in [1.29, 1.82) is 0 Å². The van der Waals surface area contributed by atoms with Gasteiger partial charge in [0.25, 0.3) is 5.91 Å². The predicted molar refractivity (Wildman–Crippen MR) is 101 cm³/mol. The smallest absolute Gasteiger partial charge is 0.294 e. The Labute approximate surface area is 153 Å². The molecule has 0 saturated heterocycles. The molecule has 5 nitrogen and oxygen atoms in total. The van der Waals surface area contributed by atoms with Gasteiger partial charge in [-0.05, 0) is 31.4 Å². The van der Waals surface area contributed by atoms with E-state index in [-0.39, 0.29) is 17.7 Å². The van der Waals surface area contributed by atoms with E-state index >= 15 is 0 Å². The lowest BCUT2D eigenvalue weighted by Crippen LogP contribution is -2.47. The van der Waals surface area contributed by atoms with Gasteiger partial charge in [0.2, 0.25) is 0 Å². The summed E-state index contributed by atoms with van der Waals surface area (Å²) in [5, 5.41) is 3.52. The van der Waals surface area contributed by atoms with Crippen LogP contribution in [-0.4, -0.2) is 24.3 Å². The van der Waals surface area contributed by atoms with Crippen molar-refractivity contribution in [2.45, 2.75) is 46.1 Å². The number of benzene rings is 1. The zero-order valence-electron chi connectivity index (χ0n) is 15.5. The first kappa shape index (κ1) is 16.9.